The molecule has 0 spiro atoms. The third kappa shape index (κ3) is 5.05. The zero-order chi connectivity index (χ0) is 19.2. The molecule has 6 nitrogen and oxygen atoms in total. The number of rotatable bonds is 8. The molecule has 0 aliphatic heterocycles. The monoisotopic (exact) mass is 415 g/mol. The number of carbonyl (C=O) groups is 1. The standard InChI is InChI=1S/C20H25N5OS2/c26-18(21-11-10-14-12-22-17-9-5-4-8-16(14)17)13-27-20-25-24-19(28-20)23-15-6-2-1-3-7-15/h4-5,8-9,12,15,22H,1-3,6-7,10-11,13H2,(H,21,26)(H,23,24). The highest BCUT2D eigenvalue weighted by Gasteiger charge is 2.15. The van der Waals surface area contributed by atoms with Gasteiger partial charge in [0, 0.05) is 29.7 Å². The molecule has 1 fully saturated rings. The molecular formula is C20H25N5OS2. The molecule has 3 N–H and O–H groups in total. The topological polar surface area (TPSA) is 82.7 Å². The molecule has 1 amide bonds. The van der Waals surface area contributed by atoms with Crippen LogP contribution in [-0.2, 0) is 11.2 Å². The SMILES string of the molecule is O=C(CSc1nnc(NC2CCCCC2)s1)NCCc1c[nH]c2ccccc12. The van der Waals surface area contributed by atoms with Crippen molar-refractivity contribution in [1.82, 2.24) is 20.5 Å². The number of nitrogens with one attached hydrogen (secondary N) is 3. The van der Waals surface area contributed by atoms with Gasteiger partial charge >= 0.3 is 0 Å². The number of anilines is 1. The van der Waals surface area contributed by atoms with Gasteiger partial charge in [0.1, 0.15) is 0 Å². The first-order chi connectivity index (χ1) is 13.8. The van der Waals surface area contributed by atoms with E-state index in [1.165, 1.54) is 66.2 Å². The number of hydrogen-bond donors (Lipinski definition) is 3. The lowest BCUT2D eigenvalue weighted by atomic mass is 9.96. The van der Waals surface area contributed by atoms with Crippen LogP contribution in [0.1, 0.15) is 37.7 Å². The Morgan fingerprint density at radius 3 is 2.96 bits per heavy atom. The highest BCUT2D eigenvalue weighted by molar-refractivity contribution is 8.01. The highest BCUT2D eigenvalue weighted by Crippen LogP contribution is 2.28. The molecule has 1 aliphatic carbocycles. The molecule has 0 bridgehead atoms. The predicted octanol–water partition coefficient (Wildman–Crippen LogP) is 4.22. The molecule has 0 radical (unpaired) electrons. The van der Waals surface area contributed by atoms with Crippen molar-refractivity contribution in [3.63, 3.8) is 0 Å². The zero-order valence-corrected chi connectivity index (χ0v) is 17.4. The van der Waals surface area contributed by atoms with E-state index < -0.39 is 0 Å². The predicted molar refractivity (Wildman–Crippen MR) is 116 cm³/mol. The molecule has 28 heavy (non-hydrogen) atoms. The zero-order valence-electron chi connectivity index (χ0n) is 15.7. The summed E-state index contributed by atoms with van der Waals surface area (Å²) in [5.41, 5.74) is 2.36. The Hall–Kier alpha value is -2.06. The number of carbonyl (C=O) groups excluding carboxylic acids is 1. The van der Waals surface area contributed by atoms with E-state index in [9.17, 15) is 4.79 Å². The maximum absolute atomic E-state index is 12.1. The summed E-state index contributed by atoms with van der Waals surface area (Å²) in [6.45, 7) is 0.631. The molecule has 1 aromatic carbocycles. The summed E-state index contributed by atoms with van der Waals surface area (Å²) in [6, 6.07) is 8.74. The summed E-state index contributed by atoms with van der Waals surface area (Å²) in [6.07, 6.45) is 9.17. The van der Waals surface area contributed by atoms with Gasteiger partial charge in [-0.05, 0) is 30.9 Å². The molecule has 1 aliphatic rings. The van der Waals surface area contributed by atoms with Crippen LogP contribution in [0.25, 0.3) is 10.9 Å². The number of benzene rings is 1. The average molecular weight is 416 g/mol. The minimum absolute atomic E-state index is 0.0295. The number of H-pyrrole nitrogens is 1. The first-order valence-electron chi connectivity index (χ1n) is 9.82. The van der Waals surface area contributed by atoms with Gasteiger partial charge in [-0.1, -0.05) is 60.6 Å². The van der Waals surface area contributed by atoms with Crippen molar-refractivity contribution in [2.24, 2.45) is 0 Å². The smallest absolute Gasteiger partial charge is 0.230 e. The van der Waals surface area contributed by atoms with Gasteiger partial charge in [0.2, 0.25) is 11.0 Å². The third-order valence-electron chi connectivity index (χ3n) is 5.06. The Kier molecular flexibility index (Phi) is 6.49. The van der Waals surface area contributed by atoms with E-state index >= 15 is 0 Å². The van der Waals surface area contributed by atoms with Crippen LogP contribution in [0.4, 0.5) is 5.13 Å². The first kappa shape index (κ1) is 19.3. The lowest BCUT2D eigenvalue weighted by molar-refractivity contribution is -0.118. The van der Waals surface area contributed by atoms with Crippen LogP contribution in [0.5, 0.6) is 0 Å². The lowest BCUT2D eigenvalue weighted by Crippen LogP contribution is -2.27. The second-order valence-electron chi connectivity index (χ2n) is 7.10. The van der Waals surface area contributed by atoms with Crippen LogP contribution in [0.15, 0.2) is 34.8 Å². The summed E-state index contributed by atoms with van der Waals surface area (Å²) in [4.78, 5) is 15.4. The maximum Gasteiger partial charge on any atom is 0.230 e. The minimum atomic E-state index is 0.0295. The fourth-order valence-electron chi connectivity index (χ4n) is 3.60. The van der Waals surface area contributed by atoms with Gasteiger partial charge in [-0.2, -0.15) is 0 Å². The van der Waals surface area contributed by atoms with Gasteiger partial charge in [0.05, 0.1) is 5.75 Å². The molecule has 0 atom stereocenters. The van der Waals surface area contributed by atoms with E-state index in [0.717, 1.165) is 21.4 Å². The van der Waals surface area contributed by atoms with Crippen molar-refractivity contribution < 1.29 is 4.79 Å². The summed E-state index contributed by atoms with van der Waals surface area (Å²) in [5.74, 6) is 0.396. The molecule has 148 valence electrons. The molecule has 0 unspecified atom stereocenters. The third-order valence-corrected chi connectivity index (χ3v) is 7.05. The number of fused-ring (bicyclic) bond motifs is 1. The van der Waals surface area contributed by atoms with Crippen LogP contribution in [0.2, 0.25) is 0 Å². The van der Waals surface area contributed by atoms with Crippen molar-refractivity contribution in [3.05, 3.63) is 36.0 Å². The Balaban J connectivity index is 1.18. The van der Waals surface area contributed by atoms with Gasteiger partial charge < -0.3 is 15.6 Å². The van der Waals surface area contributed by atoms with Crippen LogP contribution < -0.4 is 10.6 Å². The number of amides is 1. The molecule has 1 saturated carbocycles. The number of aromatic nitrogens is 3. The van der Waals surface area contributed by atoms with Crippen molar-refractivity contribution in [1.29, 1.82) is 0 Å². The van der Waals surface area contributed by atoms with Gasteiger partial charge in [-0.25, -0.2) is 0 Å². The van der Waals surface area contributed by atoms with E-state index in [2.05, 4.69) is 37.9 Å². The van der Waals surface area contributed by atoms with Crippen molar-refractivity contribution in [3.8, 4) is 0 Å². The summed E-state index contributed by atoms with van der Waals surface area (Å²) >= 11 is 2.99. The van der Waals surface area contributed by atoms with E-state index in [-0.39, 0.29) is 5.91 Å². The van der Waals surface area contributed by atoms with Crippen molar-refractivity contribution in [2.45, 2.75) is 48.9 Å². The summed E-state index contributed by atoms with van der Waals surface area (Å²) in [5, 5.41) is 17.0. The molecule has 2 aromatic heterocycles. The Morgan fingerprint density at radius 1 is 1.21 bits per heavy atom. The minimum Gasteiger partial charge on any atom is -0.361 e. The molecule has 8 heteroatoms. The van der Waals surface area contributed by atoms with Crippen LogP contribution in [-0.4, -0.2) is 39.4 Å². The Bertz CT molecular complexity index is 916. The van der Waals surface area contributed by atoms with E-state index in [1.54, 1.807) is 0 Å². The van der Waals surface area contributed by atoms with Crippen molar-refractivity contribution >= 4 is 45.0 Å². The van der Waals surface area contributed by atoms with Gasteiger partial charge in [0.15, 0.2) is 4.34 Å². The molecule has 3 aromatic rings. The number of para-hydroxylation sites is 1. The fourth-order valence-corrected chi connectivity index (χ4v) is 5.26. The molecule has 4 rings (SSSR count). The normalized spacial score (nSPS) is 15.0. The van der Waals surface area contributed by atoms with Gasteiger partial charge in [-0.3, -0.25) is 4.79 Å². The number of aromatic amines is 1. The van der Waals surface area contributed by atoms with Crippen molar-refractivity contribution in [2.75, 3.05) is 17.6 Å². The quantitative estimate of drug-likeness (QED) is 0.480. The second-order valence-corrected chi connectivity index (χ2v) is 9.30. The first-order valence-corrected chi connectivity index (χ1v) is 11.6. The van der Waals surface area contributed by atoms with Crippen LogP contribution in [0.3, 0.4) is 0 Å². The lowest BCUT2D eigenvalue weighted by Gasteiger charge is -2.21. The number of nitrogens with zero attached hydrogens (tertiary/aromatic N) is 2. The van der Waals surface area contributed by atoms with Gasteiger partial charge in [0.25, 0.3) is 0 Å². The average Bonchev–Trinajstić information content (AvgIpc) is 3.34. The van der Waals surface area contributed by atoms with Gasteiger partial charge in [-0.15, -0.1) is 10.2 Å². The van der Waals surface area contributed by atoms with E-state index in [1.807, 2.05) is 18.3 Å². The fraction of sp³-hybridized carbons (Fsp3) is 0.450. The Morgan fingerprint density at radius 2 is 2.07 bits per heavy atom. The number of thioether (sulfide) groups is 1. The summed E-state index contributed by atoms with van der Waals surface area (Å²) in [7, 11) is 0. The van der Waals surface area contributed by atoms with E-state index in [4.69, 9.17) is 0 Å². The van der Waals surface area contributed by atoms with Crippen LogP contribution in [0, 0.1) is 0 Å². The maximum atomic E-state index is 12.1. The molecule has 0 saturated heterocycles. The molecule has 2 heterocycles. The largest absolute Gasteiger partial charge is 0.361 e. The van der Waals surface area contributed by atoms with Crippen LogP contribution >= 0.6 is 23.1 Å². The second kappa shape index (κ2) is 9.43. The highest BCUT2D eigenvalue weighted by atomic mass is 32.2. The number of hydrogen-bond acceptors (Lipinski definition) is 6. The molecular weight excluding hydrogens is 390 g/mol. The Labute approximate surface area is 172 Å². The van der Waals surface area contributed by atoms with E-state index in [0.29, 0.717) is 18.3 Å². The summed E-state index contributed by atoms with van der Waals surface area (Å²) < 4.78 is 0.838.